The fourth-order valence-electron chi connectivity index (χ4n) is 2.16. The summed E-state index contributed by atoms with van der Waals surface area (Å²) in [4.78, 5) is 12.2. The molecule has 1 heterocycles. The molecule has 0 spiro atoms. The molecular formula is C19H15BrN2OS. The number of hydrogen-bond acceptors (Lipinski definition) is 4. The number of halogens is 1. The Morgan fingerprint density at radius 1 is 1.04 bits per heavy atom. The summed E-state index contributed by atoms with van der Waals surface area (Å²) >= 11 is 4.85. The lowest BCUT2D eigenvalue weighted by atomic mass is 10.1. The molecule has 120 valence electrons. The molecule has 0 N–H and O–H groups in total. The van der Waals surface area contributed by atoms with Crippen LogP contribution in [0.3, 0.4) is 0 Å². The van der Waals surface area contributed by atoms with Crippen molar-refractivity contribution >= 4 is 33.5 Å². The number of Topliss-reactive ketones (excluding diaryl/α,β-unsaturated/α-hetero) is 1. The van der Waals surface area contributed by atoms with Gasteiger partial charge in [0.1, 0.15) is 5.03 Å². The number of carbonyl (C=O) groups excluding carboxylic acids is 1. The molecule has 0 aliphatic carbocycles. The minimum Gasteiger partial charge on any atom is -0.293 e. The molecule has 3 aromatic rings. The van der Waals surface area contributed by atoms with Gasteiger partial charge in [-0.1, -0.05) is 69.7 Å². The van der Waals surface area contributed by atoms with Crippen LogP contribution in [0.1, 0.15) is 15.9 Å². The smallest absolute Gasteiger partial charge is 0.173 e. The molecule has 0 unspecified atom stereocenters. The summed E-state index contributed by atoms with van der Waals surface area (Å²) in [6.07, 6.45) is 0. The van der Waals surface area contributed by atoms with Gasteiger partial charge in [0.2, 0.25) is 0 Å². The first-order valence-electron chi connectivity index (χ1n) is 7.44. The number of carbonyl (C=O) groups is 1. The molecule has 3 nitrogen and oxygen atoms in total. The number of thioether (sulfide) groups is 1. The normalized spacial score (nSPS) is 10.6. The predicted octanol–water partition coefficient (Wildman–Crippen LogP) is 5.19. The second-order valence-electron chi connectivity index (χ2n) is 5.35. The summed E-state index contributed by atoms with van der Waals surface area (Å²) < 4.78 is 1.00. The van der Waals surface area contributed by atoms with Gasteiger partial charge in [-0.05, 0) is 31.2 Å². The van der Waals surface area contributed by atoms with E-state index in [-0.39, 0.29) is 5.78 Å². The zero-order valence-electron chi connectivity index (χ0n) is 13.1. The Hall–Kier alpha value is -1.98. The van der Waals surface area contributed by atoms with E-state index in [4.69, 9.17) is 0 Å². The SMILES string of the molecule is Cc1ccc(C(=O)CSc2ccc(-c3cccc(Br)c3)nn2)cc1. The highest BCUT2D eigenvalue weighted by Crippen LogP contribution is 2.23. The lowest BCUT2D eigenvalue weighted by Gasteiger charge is -2.03. The van der Waals surface area contributed by atoms with Crippen molar-refractivity contribution in [2.45, 2.75) is 11.9 Å². The molecule has 0 radical (unpaired) electrons. The molecule has 0 saturated heterocycles. The van der Waals surface area contributed by atoms with Crippen molar-refractivity contribution in [3.05, 3.63) is 76.3 Å². The van der Waals surface area contributed by atoms with Gasteiger partial charge in [0, 0.05) is 15.6 Å². The van der Waals surface area contributed by atoms with Crippen LogP contribution in [0.15, 0.2) is 70.2 Å². The fraction of sp³-hybridized carbons (Fsp3) is 0.105. The summed E-state index contributed by atoms with van der Waals surface area (Å²) in [5, 5.41) is 9.20. The summed E-state index contributed by atoms with van der Waals surface area (Å²) in [6, 6.07) is 19.4. The first kappa shape index (κ1) is 16.9. The van der Waals surface area contributed by atoms with E-state index in [0.29, 0.717) is 5.75 Å². The third-order valence-corrected chi connectivity index (χ3v) is 4.90. The maximum absolute atomic E-state index is 12.2. The molecule has 0 aliphatic heterocycles. The highest BCUT2D eigenvalue weighted by molar-refractivity contribution is 9.10. The highest BCUT2D eigenvalue weighted by atomic mass is 79.9. The summed E-state index contributed by atoms with van der Waals surface area (Å²) in [5.41, 5.74) is 3.69. The van der Waals surface area contributed by atoms with Crippen molar-refractivity contribution in [3.63, 3.8) is 0 Å². The minimum atomic E-state index is 0.0952. The third kappa shape index (κ3) is 4.30. The second kappa shape index (κ2) is 7.73. The van der Waals surface area contributed by atoms with Crippen LogP contribution in [0, 0.1) is 6.92 Å². The molecule has 1 aromatic heterocycles. The molecule has 0 amide bonds. The van der Waals surface area contributed by atoms with Gasteiger partial charge in [0.05, 0.1) is 11.4 Å². The monoisotopic (exact) mass is 398 g/mol. The first-order valence-corrected chi connectivity index (χ1v) is 9.22. The van der Waals surface area contributed by atoms with Crippen molar-refractivity contribution in [2.24, 2.45) is 0 Å². The van der Waals surface area contributed by atoms with Crippen LogP contribution in [0.25, 0.3) is 11.3 Å². The molecule has 24 heavy (non-hydrogen) atoms. The lowest BCUT2D eigenvalue weighted by Crippen LogP contribution is -2.02. The van der Waals surface area contributed by atoms with Gasteiger partial charge >= 0.3 is 0 Å². The van der Waals surface area contributed by atoms with Crippen molar-refractivity contribution in [2.75, 3.05) is 5.75 Å². The van der Waals surface area contributed by atoms with E-state index in [1.54, 1.807) is 0 Å². The van der Waals surface area contributed by atoms with Crippen LogP contribution in [0.5, 0.6) is 0 Å². The standard InChI is InChI=1S/C19H15BrN2OS/c1-13-5-7-14(8-6-13)18(23)12-24-19-10-9-17(21-22-19)15-3-2-4-16(20)11-15/h2-11H,12H2,1H3. The summed E-state index contributed by atoms with van der Waals surface area (Å²) in [7, 11) is 0. The number of aromatic nitrogens is 2. The summed E-state index contributed by atoms with van der Waals surface area (Å²) in [5.74, 6) is 0.450. The molecule has 0 fully saturated rings. The van der Waals surface area contributed by atoms with Crippen LogP contribution in [-0.2, 0) is 0 Å². The molecule has 5 heteroatoms. The first-order chi connectivity index (χ1) is 11.6. The van der Waals surface area contributed by atoms with Gasteiger partial charge < -0.3 is 0 Å². The maximum Gasteiger partial charge on any atom is 0.173 e. The molecule has 0 bridgehead atoms. The van der Waals surface area contributed by atoms with Crippen molar-refractivity contribution in [1.29, 1.82) is 0 Å². The fourth-order valence-corrected chi connectivity index (χ4v) is 3.27. The zero-order chi connectivity index (χ0) is 16.9. The van der Waals surface area contributed by atoms with E-state index < -0.39 is 0 Å². The lowest BCUT2D eigenvalue weighted by molar-refractivity contribution is 0.102. The van der Waals surface area contributed by atoms with E-state index >= 15 is 0 Å². The highest BCUT2D eigenvalue weighted by Gasteiger charge is 2.08. The minimum absolute atomic E-state index is 0.0952. The number of rotatable bonds is 5. The van der Waals surface area contributed by atoms with Crippen LogP contribution >= 0.6 is 27.7 Å². The average Bonchev–Trinajstić information content (AvgIpc) is 2.61. The molecule has 2 aromatic carbocycles. The van der Waals surface area contributed by atoms with Gasteiger partial charge in [-0.3, -0.25) is 4.79 Å². The molecule has 0 aliphatic rings. The van der Waals surface area contributed by atoms with Gasteiger partial charge in [0.25, 0.3) is 0 Å². The third-order valence-electron chi connectivity index (χ3n) is 3.49. The molecule has 3 rings (SSSR count). The Morgan fingerprint density at radius 2 is 1.83 bits per heavy atom. The van der Waals surface area contributed by atoms with Gasteiger partial charge in [0.15, 0.2) is 5.78 Å². The Morgan fingerprint density at radius 3 is 2.50 bits per heavy atom. The Balaban J connectivity index is 1.64. The number of nitrogens with zero attached hydrogens (tertiary/aromatic N) is 2. The molecular weight excluding hydrogens is 384 g/mol. The zero-order valence-corrected chi connectivity index (χ0v) is 15.5. The summed E-state index contributed by atoms with van der Waals surface area (Å²) in [6.45, 7) is 2.01. The number of ketones is 1. The van der Waals surface area contributed by atoms with Crippen LogP contribution in [0.4, 0.5) is 0 Å². The van der Waals surface area contributed by atoms with Gasteiger partial charge in [-0.25, -0.2) is 0 Å². The maximum atomic E-state index is 12.2. The van der Waals surface area contributed by atoms with Crippen LogP contribution in [-0.4, -0.2) is 21.7 Å². The van der Waals surface area contributed by atoms with Crippen molar-refractivity contribution in [3.8, 4) is 11.3 Å². The van der Waals surface area contributed by atoms with Crippen LogP contribution in [0.2, 0.25) is 0 Å². The second-order valence-corrected chi connectivity index (χ2v) is 7.26. The predicted molar refractivity (Wildman–Crippen MR) is 101 cm³/mol. The van der Waals surface area contributed by atoms with E-state index in [1.807, 2.05) is 67.6 Å². The Labute approximate surface area is 153 Å². The Kier molecular flexibility index (Phi) is 5.43. The topological polar surface area (TPSA) is 42.9 Å². The number of benzene rings is 2. The Bertz CT molecular complexity index is 848. The van der Waals surface area contributed by atoms with Crippen molar-refractivity contribution < 1.29 is 4.79 Å². The quantitative estimate of drug-likeness (QED) is 0.438. The average molecular weight is 399 g/mol. The van der Waals surface area contributed by atoms with E-state index in [2.05, 4.69) is 26.1 Å². The van der Waals surface area contributed by atoms with Gasteiger partial charge in [-0.15, -0.1) is 10.2 Å². The van der Waals surface area contributed by atoms with E-state index in [0.717, 1.165) is 31.9 Å². The molecule has 0 atom stereocenters. The molecule has 0 saturated carbocycles. The van der Waals surface area contributed by atoms with E-state index in [9.17, 15) is 4.79 Å². The van der Waals surface area contributed by atoms with Crippen LogP contribution < -0.4 is 0 Å². The van der Waals surface area contributed by atoms with Gasteiger partial charge in [-0.2, -0.15) is 0 Å². The van der Waals surface area contributed by atoms with E-state index in [1.165, 1.54) is 11.8 Å². The van der Waals surface area contributed by atoms with Crippen molar-refractivity contribution in [1.82, 2.24) is 10.2 Å². The number of aryl methyl sites for hydroxylation is 1. The number of hydrogen-bond donors (Lipinski definition) is 0. The largest absolute Gasteiger partial charge is 0.293 e.